The number of anilines is 1. The lowest BCUT2D eigenvalue weighted by atomic mass is 9.86. The Hall–Kier alpha value is -2.00. The van der Waals surface area contributed by atoms with Crippen LogP contribution in [-0.4, -0.2) is 21.1 Å². The summed E-state index contributed by atoms with van der Waals surface area (Å²) in [6.45, 7) is 8.26. The van der Waals surface area contributed by atoms with Crippen molar-refractivity contribution >= 4 is 67.3 Å². The monoisotopic (exact) mass is 483 g/mol. The van der Waals surface area contributed by atoms with Crippen molar-refractivity contribution in [2.45, 2.75) is 43.6 Å². The Balaban J connectivity index is 1.55. The highest BCUT2D eigenvalue weighted by molar-refractivity contribution is 8.00. The minimum atomic E-state index is -0.477. The van der Waals surface area contributed by atoms with E-state index < -0.39 is 5.54 Å². The summed E-state index contributed by atoms with van der Waals surface area (Å²) in [4.78, 5) is 24.9. The molecule has 4 nitrogen and oxygen atoms in total. The number of imidazole rings is 1. The number of benzene rings is 2. The number of carbonyl (C=O) groups is 1. The number of nitrogens with zero attached hydrogens (tertiary/aromatic N) is 2. The Bertz CT molecular complexity index is 1350. The fourth-order valence-electron chi connectivity index (χ4n) is 4.12. The van der Waals surface area contributed by atoms with Crippen LogP contribution in [0.5, 0.6) is 0 Å². The van der Waals surface area contributed by atoms with E-state index >= 15 is 0 Å². The van der Waals surface area contributed by atoms with Crippen molar-refractivity contribution in [2.24, 2.45) is 0 Å². The lowest BCUT2D eigenvalue weighted by Gasteiger charge is -2.44. The standard InChI is InChI=1S/C23H21N3OS4/c1-12-9-10-17-14(11-12)18-19(30-31-21(18)28)23(3,4)26(17)20(27)13(2)29-22-24-15-7-5-6-8-16(15)25-22/h5-11,13H,1-4H3,(H,24,25). The van der Waals surface area contributed by atoms with E-state index in [9.17, 15) is 4.79 Å². The number of amides is 1. The molecule has 0 spiro atoms. The van der Waals surface area contributed by atoms with Crippen LogP contribution in [0.15, 0.2) is 47.6 Å². The first kappa shape index (κ1) is 20.9. The highest BCUT2D eigenvalue weighted by Crippen LogP contribution is 2.52. The van der Waals surface area contributed by atoms with Crippen LogP contribution in [0.4, 0.5) is 5.69 Å². The first-order valence-corrected chi connectivity index (χ1v) is 13.4. The van der Waals surface area contributed by atoms with Gasteiger partial charge in [0, 0.05) is 11.1 Å². The van der Waals surface area contributed by atoms with Crippen LogP contribution >= 0.6 is 44.7 Å². The molecular formula is C23H21N3OS4. The van der Waals surface area contributed by atoms with Crippen LogP contribution in [-0.2, 0) is 10.3 Å². The zero-order chi connectivity index (χ0) is 21.9. The first-order valence-electron chi connectivity index (χ1n) is 9.97. The molecule has 2 aromatic heterocycles. The maximum absolute atomic E-state index is 13.8. The average molecular weight is 484 g/mol. The molecule has 1 aliphatic rings. The minimum Gasteiger partial charge on any atom is -0.333 e. The van der Waals surface area contributed by atoms with Gasteiger partial charge in [0.05, 0.1) is 32.4 Å². The molecule has 31 heavy (non-hydrogen) atoms. The van der Waals surface area contributed by atoms with E-state index in [4.69, 9.17) is 12.2 Å². The van der Waals surface area contributed by atoms with Gasteiger partial charge in [0.2, 0.25) is 5.91 Å². The van der Waals surface area contributed by atoms with Gasteiger partial charge >= 0.3 is 0 Å². The minimum absolute atomic E-state index is 0.0653. The van der Waals surface area contributed by atoms with Crippen molar-refractivity contribution in [1.29, 1.82) is 0 Å². The normalized spacial score (nSPS) is 15.5. The van der Waals surface area contributed by atoms with E-state index in [1.807, 2.05) is 36.1 Å². The molecule has 1 atom stereocenters. The molecular weight excluding hydrogens is 463 g/mol. The molecule has 1 N–H and O–H groups in total. The summed E-state index contributed by atoms with van der Waals surface area (Å²) >= 11 is 7.14. The first-order chi connectivity index (χ1) is 14.8. The molecule has 1 aliphatic heterocycles. The van der Waals surface area contributed by atoms with Crippen molar-refractivity contribution < 1.29 is 4.79 Å². The largest absolute Gasteiger partial charge is 0.333 e. The third-order valence-corrected chi connectivity index (χ3v) is 9.93. The number of aromatic nitrogens is 2. The summed E-state index contributed by atoms with van der Waals surface area (Å²) in [5.74, 6) is 0.0653. The Morgan fingerprint density at radius 2 is 2.00 bits per heavy atom. The molecule has 158 valence electrons. The summed E-state index contributed by atoms with van der Waals surface area (Å²) < 4.78 is 0.900. The molecule has 3 heterocycles. The number of hydrogen-bond acceptors (Lipinski definition) is 6. The quantitative estimate of drug-likeness (QED) is 0.191. The van der Waals surface area contributed by atoms with E-state index in [2.05, 4.69) is 48.9 Å². The highest BCUT2D eigenvalue weighted by Gasteiger charge is 2.44. The van der Waals surface area contributed by atoms with Crippen LogP contribution in [0, 0.1) is 10.7 Å². The molecule has 4 aromatic rings. The molecule has 5 rings (SSSR count). The molecule has 0 saturated heterocycles. The molecule has 0 aliphatic carbocycles. The number of H-pyrrole nitrogens is 1. The number of aromatic amines is 1. The predicted molar refractivity (Wildman–Crippen MR) is 135 cm³/mol. The molecule has 2 aromatic carbocycles. The molecule has 0 fully saturated rings. The number of carbonyl (C=O) groups excluding carboxylic acids is 1. The highest BCUT2D eigenvalue weighted by atomic mass is 32.9. The van der Waals surface area contributed by atoms with Crippen LogP contribution in [0.1, 0.15) is 31.2 Å². The van der Waals surface area contributed by atoms with Crippen LogP contribution in [0.3, 0.4) is 0 Å². The van der Waals surface area contributed by atoms with E-state index in [0.29, 0.717) is 0 Å². The van der Waals surface area contributed by atoms with Crippen molar-refractivity contribution in [3.05, 3.63) is 56.7 Å². The Morgan fingerprint density at radius 3 is 2.77 bits per heavy atom. The molecule has 0 radical (unpaired) electrons. The zero-order valence-electron chi connectivity index (χ0n) is 17.6. The van der Waals surface area contributed by atoms with Gasteiger partial charge in [-0.3, -0.25) is 4.79 Å². The lowest BCUT2D eigenvalue weighted by Crippen LogP contribution is -2.50. The molecule has 1 unspecified atom stereocenters. The summed E-state index contributed by atoms with van der Waals surface area (Å²) in [6, 6.07) is 14.2. The van der Waals surface area contributed by atoms with E-state index in [1.54, 1.807) is 20.7 Å². The number of para-hydroxylation sites is 2. The molecule has 0 bridgehead atoms. The fourth-order valence-corrected chi connectivity index (χ4v) is 8.26. The van der Waals surface area contributed by atoms with E-state index in [0.717, 1.165) is 47.3 Å². The number of aryl methyl sites for hydroxylation is 1. The predicted octanol–water partition coefficient (Wildman–Crippen LogP) is 7.15. The summed E-state index contributed by atoms with van der Waals surface area (Å²) in [7, 11) is 3.30. The van der Waals surface area contributed by atoms with E-state index in [1.165, 1.54) is 11.8 Å². The lowest BCUT2D eigenvalue weighted by molar-refractivity contribution is -0.119. The topological polar surface area (TPSA) is 49.0 Å². The Morgan fingerprint density at radius 1 is 1.23 bits per heavy atom. The summed E-state index contributed by atoms with van der Waals surface area (Å²) in [5.41, 5.74) is 5.68. The third kappa shape index (κ3) is 3.36. The van der Waals surface area contributed by atoms with Gasteiger partial charge in [-0.2, -0.15) is 0 Å². The number of rotatable bonds is 3. The number of thioether (sulfide) groups is 1. The van der Waals surface area contributed by atoms with Crippen LogP contribution in [0.2, 0.25) is 0 Å². The maximum atomic E-state index is 13.8. The SMILES string of the molecule is Cc1ccc2c(c1)-c1c(ssc1=S)C(C)(C)N2C(=O)C(C)Sc1nc2ccccc2[nH]1. The Labute approximate surface area is 197 Å². The van der Waals surface area contributed by atoms with Gasteiger partial charge in [0.1, 0.15) is 3.82 Å². The van der Waals surface area contributed by atoms with Gasteiger partial charge in [0.15, 0.2) is 5.16 Å². The van der Waals surface area contributed by atoms with Gasteiger partial charge < -0.3 is 9.88 Å². The average Bonchev–Trinajstić information content (AvgIpc) is 3.31. The van der Waals surface area contributed by atoms with Gasteiger partial charge in [-0.25, -0.2) is 4.98 Å². The van der Waals surface area contributed by atoms with Gasteiger partial charge in [0.25, 0.3) is 0 Å². The van der Waals surface area contributed by atoms with Gasteiger partial charge in [-0.1, -0.05) is 68.4 Å². The summed E-state index contributed by atoms with van der Waals surface area (Å²) in [6.07, 6.45) is 0. The van der Waals surface area contributed by atoms with Crippen molar-refractivity contribution in [1.82, 2.24) is 9.97 Å². The second kappa shape index (κ2) is 7.55. The van der Waals surface area contributed by atoms with Crippen molar-refractivity contribution in [2.75, 3.05) is 4.90 Å². The van der Waals surface area contributed by atoms with Crippen LogP contribution in [0.25, 0.3) is 22.2 Å². The number of fused-ring (bicyclic) bond motifs is 4. The van der Waals surface area contributed by atoms with Crippen LogP contribution < -0.4 is 4.90 Å². The molecule has 1 amide bonds. The third-order valence-electron chi connectivity index (χ3n) is 5.63. The number of nitrogens with one attached hydrogen (secondary N) is 1. The summed E-state index contributed by atoms with van der Waals surface area (Å²) in [5, 5.41) is 0.454. The van der Waals surface area contributed by atoms with Gasteiger partial charge in [-0.05, 0) is 52.0 Å². The maximum Gasteiger partial charge on any atom is 0.241 e. The second-order valence-corrected chi connectivity index (χ2v) is 12.4. The molecule has 8 heteroatoms. The number of hydrogen-bond donors (Lipinski definition) is 1. The Kier molecular flexibility index (Phi) is 5.08. The smallest absolute Gasteiger partial charge is 0.241 e. The molecule has 0 saturated carbocycles. The van der Waals surface area contributed by atoms with Gasteiger partial charge in [-0.15, -0.1) is 0 Å². The fraction of sp³-hybridized carbons (Fsp3) is 0.261. The zero-order valence-corrected chi connectivity index (χ0v) is 20.8. The van der Waals surface area contributed by atoms with Crippen molar-refractivity contribution in [3.63, 3.8) is 0 Å². The second-order valence-electron chi connectivity index (χ2n) is 8.23. The van der Waals surface area contributed by atoms with Crippen molar-refractivity contribution in [3.8, 4) is 11.1 Å². The van der Waals surface area contributed by atoms with E-state index in [-0.39, 0.29) is 11.2 Å².